The molecule has 2 aromatic rings. The number of carbonyl (C=O) groups excluding carboxylic acids is 2. The van der Waals surface area contributed by atoms with Gasteiger partial charge in [-0.1, -0.05) is 73.9 Å². The van der Waals surface area contributed by atoms with Crippen molar-refractivity contribution in [1.29, 1.82) is 5.26 Å². The molecule has 7 nitrogen and oxygen atoms in total. The molecule has 2 aromatic carbocycles. The largest absolute Gasteiger partial charge is 0.466 e. The molecule has 0 bridgehead atoms. The third-order valence-corrected chi connectivity index (χ3v) is 7.27. The highest BCUT2D eigenvalue weighted by atomic mass is 32.2. The first-order valence-corrected chi connectivity index (χ1v) is 12.9. The summed E-state index contributed by atoms with van der Waals surface area (Å²) in [7, 11) is 2.50. The molecule has 4 rings (SSSR count). The Balaban J connectivity index is 1.88. The fraction of sp³-hybridized carbons (Fsp3) is 0.357. The van der Waals surface area contributed by atoms with Crippen LogP contribution in [0.15, 0.2) is 70.7 Å². The lowest BCUT2D eigenvalue weighted by Crippen LogP contribution is -2.36. The second-order valence-corrected chi connectivity index (χ2v) is 9.47. The second kappa shape index (κ2) is 11.4. The van der Waals surface area contributed by atoms with Gasteiger partial charge in [0.25, 0.3) is 0 Å². The molecular formula is C28H28N2O5S. The van der Waals surface area contributed by atoms with Crippen LogP contribution in [0.3, 0.4) is 0 Å². The highest BCUT2D eigenvalue weighted by molar-refractivity contribution is 8.03. The number of esters is 2. The quantitative estimate of drug-likeness (QED) is 0.379. The lowest BCUT2D eigenvalue weighted by molar-refractivity contribution is -0.139. The Morgan fingerprint density at radius 3 is 2.25 bits per heavy atom. The molecule has 1 unspecified atom stereocenters. The van der Waals surface area contributed by atoms with E-state index in [1.165, 1.54) is 14.2 Å². The number of thiocyanates is 1. The van der Waals surface area contributed by atoms with Gasteiger partial charge in [0.05, 0.1) is 26.0 Å². The summed E-state index contributed by atoms with van der Waals surface area (Å²) in [5, 5.41) is 11.5. The number of hydrogen-bond donors (Lipinski definition) is 0. The summed E-state index contributed by atoms with van der Waals surface area (Å²) >= 11 is 0.932. The van der Waals surface area contributed by atoms with Crippen molar-refractivity contribution < 1.29 is 23.8 Å². The van der Waals surface area contributed by atoms with Crippen molar-refractivity contribution in [3.8, 4) is 16.5 Å². The van der Waals surface area contributed by atoms with Crippen molar-refractivity contribution in [3.05, 3.63) is 71.3 Å². The molecule has 2 aliphatic rings. The van der Waals surface area contributed by atoms with Crippen molar-refractivity contribution in [1.82, 2.24) is 0 Å². The van der Waals surface area contributed by atoms with Gasteiger partial charge in [-0.15, -0.1) is 0 Å². The Labute approximate surface area is 215 Å². The first kappa shape index (κ1) is 25.5. The summed E-state index contributed by atoms with van der Waals surface area (Å²) in [6, 6.07) is 17.4. The van der Waals surface area contributed by atoms with E-state index >= 15 is 0 Å². The van der Waals surface area contributed by atoms with Crippen LogP contribution in [0.5, 0.6) is 0 Å². The average Bonchev–Trinajstić information content (AvgIpc) is 3.26. The zero-order chi connectivity index (χ0) is 25.5. The Hall–Kier alpha value is -3.57. The number of aliphatic imine (C=N–C) groups is 1. The molecule has 1 aliphatic carbocycles. The lowest BCUT2D eigenvalue weighted by Gasteiger charge is -2.30. The van der Waals surface area contributed by atoms with Gasteiger partial charge >= 0.3 is 11.9 Å². The van der Waals surface area contributed by atoms with Crippen LogP contribution in [0.4, 0.5) is 0 Å². The molecular weight excluding hydrogens is 476 g/mol. The SMILES string of the molecule is COC(=O)C1=C(C(=O)OC)C(CSC#N)(c2ccc(-c3ccccc3)cc2)OC1=NC1CCCCC1. The first-order chi connectivity index (χ1) is 17.5. The summed E-state index contributed by atoms with van der Waals surface area (Å²) in [5.41, 5.74) is 1.14. The predicted octanol–water partition coefficient (Wildman–Crippen LogP) is 5.17. The highest BCUT2D eigenvalue weighted by Crippen LogP contribution is 2.46. The molecule has 36 heavy (non-hydrogen) atoms. The van der Waals surface area contributed by atoms with E-state index < -0.39 is 17.5 Å². The molecule has 1 fully saturated rings. The fourth-order valence-corrected chi connectivity index (χ4v) is 5.43. The topological polar surface area (TPSA) is 98.0 Å². The smallest absolute Gasteiger partial charge is 0.344 e. The molecule has 1 atom stereocenters. The predicted molar refractivity (Wildman–Crippen MR) is 138 cm³/mol. The molecule has 1 saturated carbocycles. The molecule has 186 valence electrons. The van der Waals surface area contributed by atoms with Crippen molar-refractivity contribution in [3.63, 3.8) is 0 Å². The van der Waals surface area contributed by atoms with Crippen LogP contribution in [0.2, 0.25) is 0 Å². The monoisotopic (exact) mass is 504 g/mol. The summed E-state index contributed by atoms with van der Waals surface area (Å²) < 4.78 is 16.6. The molecule has 0 amide bonds. The Morgan fingerprint density at radius 2 is 1.64 bits per heavy atom. The maximum Gasteiger partial charge on any atom is 0.344 e. The van der Waals surface area contributed by atoms with E-state index in [9.17, 15) is 14.9 Å². The number of carbonyl (C=O) groups is 2. The molecule has 1 aliphatic heterocycles. The number of nitrogens with zero attached hydrogens (tertiary/aromatic N) is 2. The van der Waals surface area contributed by atoms with Gasteiger partial charge in [-0.3, -0.25) is 0 Å². The van der Waals surface area contributed by atoms with Gasteiger partial charge in [0.15, 0.2) is 5.60 Å². The zero-order valence-electron chi connectivity index (χ0n) is 20.4. The molecule has 8 heteroatoms. The highest BCUT2D eigenvalue weighted by Gasteiger charge is 2.54. The standard InChI is InChI=1S/C28H28N2O5S/c1-33-26(31)23-24(27(32)34-2)28(17-36-18-29,35-25(23)30-22-11-7-4-8-12-22)21-15-13-20(14-16-21)19-9-5-3-6-10-19/h3,5-6,9-10,13-16,22H,4,7-8,11-12,17H2,1-2H3. The summed E-state index contributed by atoms with van der Waals surface area (Å²) in [6.45, 7) is 0. The Kier molecular flexibility index (Phi) is 8.11. The normalized spacial score (nSPS) is 21.1. The van der Waals surface area contributed by atoms with Gasteiger partial charge in [-0.25, -0.2) is 14.6 Å². The minimum Gasteiger partial charge on any atom is -0.466 e. The number of nitriles is 1. The molecule has 0 N–H and O–H groups in total. The number of methoxy groups -OCH3 is 2. The van der Waals surface area contributed by atoms with Crippen LogP contribution < -0.4 is 0 Å². The van der Waals surface area contributed by atoms with E-state index in [0.717, 1.165) is 55.0 Å². The average molecular weight is 505 g/mol. The number of ether oxygens (including phenoxy) is 3. The molecule has 0 spiro atoms. The van der Waals surface area contributed by atoms with Crippen LogP contribution in [0.1, 0.15) is 37.7 Å². The zero-order valence-corrected chi connectivity index (χ0v) is 21.2. The molecule has 0 aromatic heterocycles. The number of rotatable bonds is 7. The Morgan fingerprint density at radius 1 is 1.00 bits per heavy atom. The second-order valence-electron chi connectivity index (χ2n) is 8.71. The number of benzene rings is 2. The molecule has 1 heterocycles. The third-order valence-electron chi connectivity index (χ3n) is 6.59. The van der Waals surface area contributed by atoms with E-state index in [1.54, 1.807) is 0 Å². The van der Waals surface area contributed by atoms with Crippen molar-refractivity contribution in [2.75, 3.05) is 20.0 Å². The minimum atomic E-state index is -1.44. The minimum absolute atomic E-state index is 0.00150. The van der Waals surface area contributed by atoms with Crippen molar-refractivity contribution in [2.24, 2.45) is 4.99 Å². The number of hydrogen-bond acceptors (Lipinski definition) is 8. The van der Waals surface area contributed by atoms with E-state index in [1.807, 2.05) is 54.6 Å². The lowest BCUT2D eigenvalue weighted by atomic mass is 9.85. The van der Waals surface area contributed by atoms with Gasteiger partial charge in [0, 0.05) is 5.56 Å². The van der Waals surface area contributed by atoms with Gasteiger partial charge < -0.3 is 14.2 Å². The van der Waals surface area contributed by atoms with Gasteiger partial charge in [-0.05, 0) is 35.7 Å². The Bertz CT molecular complexity index is 1210. The maximum absolute atomic E-state index is 13.2. The summed E-state index contributed by atoms with van der Waals surface area (Å²) in [5.74, 6) is -1.33. The van der Waals surface area contributed by atoms with Gasteiger partial charge in [0.1, 0.15) is 16.5 Å². The summed E-state index contributed by atoms with van der Waals surface area (Å²) in [4.78, 5) is 31.0. The van der Waals surface area contributed by atoms with Gasteiger partial charge in [0.2, 0.25) is 5.90 Å². The van der Waals surface area contributed by atoms with Crippen LogP contribution in [0.25, 0.3) is 11.1 Å². The molecule has 0 saturated heterocycles. The van der Waals surface area contributed by atoms with Gasteiger partial charge in [-0.2, -0.15) is 5.26 Å². The fourth-order valence-electron chi connectivity index (χ4n) is 4.79. The third kappa shape index (κ3) is 5.02. The number of thioether (sulfide) groups is 1. The van der Waals surface area contributed by atoms with Crippen molar-refractivity contribution in [2.45, 2.75) is 43.7 Å². The van der Waals surface area contributed by atoms with Crippen molar-refractivity contribution >= 4 is 29.6 Å². The van der Waals surface area contributed by atoms with E-state index in [4.69, 9.17) is 19.2 Å². The van der Waals surface area contributed by atoms with Crippen LogP contribution in [0, 0.1) is 10.7 Å². The van der Waals surface area contributed by atoms with E-state index in [-0.39, 0.29) is 28.8 Å². The van der Waals surface area contributed by atoms with E-state index in [2.05, 4.69) is 5.40 Å². The van der Waals surface area contributed by atoms with E-state index in [0.29, 0.717) is 5.56 Å². The van der Waals surface area contributed by atoms with Crippen LogP contribution in [-0.2, 0) is 29.4 Å². The van der Waals surface area contributed by atoms with Crippen LogP contribution in [-0.4, -0.2) is 43.9 Å². The first-order valence-electron chi connectivity index (χ1n) is 11.9. The van der Waals surface area contributed by atoms with Crippen LogP contribution >= 0.6 is 11.8 Å². The maximum atomic E-state index is 13.2. The molecule has 0 radical (unpaired) electrons. The summed E-state index contributed by atoms with van der Waals surface area (Å²) in [6.07, 6.45) is 4.98.